The van der Waals surface area contributed by atoms with Crippen molar-refractivity contribution in [2.24, 2.45) is 5.73 Å². The summed E-state index contributed by atoms with van der Waals surface area (Å²) in [4.78, 5) is 0. The van der Waals surface area contributed by atoms with Crippen LogP contribution in [0.3, 0.4) is 0 Å². The second kappa shape index (κ2) is 5.31. The Bertz CT molecular complexity index is 315. The third-order valence-corrected chi connectivity index (χ3v) is 3.07. The molecule has 3 nitrogen and oxygen atoms in total. The minimum atomic E-state index is 0.465. The van der Waals surface area contributed by atoms with Crippen molar-refractivity contribution in [1.82, 2.24) is 9.78 Å². The van der Waals surface area contributed by atoms with Gasteiger partial charge in [0.05, 0.1) is 5.69 Å². The molecule has 0 aromatic carbocycles. The maximum absolute atomic E-state index is 5.52. The van der Waals surface area contributed by atoms with Gasteiger partial charge in [0.1, 0.15) is 0 Å². The van der Waals surface area contributed by atoms with Crippen molar-refractivity contribution in [2.75, 3.05) is 6.54 Å². The summed E-state index contributed by atoms with van der Waals surface area (Å²) < 4.78 is 2.16. The second-order valence-electron chi connectivity index (χ2n) is 4.23. The Balaban J connectivity index is 2.85. The topological polar surface area (TPSA) is 43.8 Å². The van der Waals surface area contributed by atoms with Gasteiger partial charge in [-0.3, -0.25) is 4.68 Å². The zero-order chi connectivity index (χ0) is 11.4. The summed E-state index contributed by atoms with van der Waals surface area (Å²) in [6, 6.07) is 0.465. The Morgan fingerprint density at radius 2 is 2.07 bits per heavy atom. The van der Waals surface area contributed by atoms with Crippen LogP contribution in [-0.4, -0.2) is 16.3 Å². The Kier molecular flexibility index (Phi) is 4.33. The van der Waals surface area contributed by atoms with Gasteiger partial charge in [0.25, 0.3) is 0 Å². The number of nitrogens with two attached hydrogens (primary N) is 1. The molecule has 0 aliphatic heterocycles. The van der Waals surface area contributed by atoms with Gasteiger partial charge < -0.3 is 5.73 Å². The molecule has 1 unspecified atom stereocenters. The first-order valence-electron chi connectivity index (χ1n) is 5.86. The van der Waals surface area contributed by atoms with Crippen LogP contribution < -0.4 is 5.73 Å². The van der Waals surface area contributed by atoms with Crippen LogP contribution in [0.25, 0.3) is 0 Å². The van der Waals surface area contributed by atoms with E-state index in [9.17, 15) is 0 Å². The normalized spacial score (nSPS) is 13.1. The average Bonchev–Trinajstić information content (AvgIpc) is 2.50. The van der Waals surface area contributed by atoms with E-state index < -0.39 is 0 Å². The number of nitrogens with zero attached hydrogens (tertiary/aromatic N) is 2. The molecule has 1 aromatic rings. The number of hydrogen-bond donors (Lipinski definition) is 1. The first-order valence-corrected chi connectivity index (χ1v) is 5.86. The van der Waals surface area contributed by atoms with E-state index in [1.165, 1.54) is 17.0 Å². The lowest BCUT2D eigenvalue weighted by molar-refractivity contribution is 0.438. The van der Waals surface area contributed by atoms with Crippen LogP contribution in [0.2, 0.25) is 0 Å². The van der Waals surface area contributed by atoms with Gasteiger partial charge in [0.15, 0.2) is 0 Å². The van der Waals surface area contributed by atoms with Crippen LogP contribution in [0.5, 0.6) is 0 Å². The number of hydrogen-bond acceptors (Lipinski definition) is 2. The average molecular weight is 209 g/mol. The Morgan fingerprint density at radius 3 is 2.53 bits per heavy atom. The number of aryl methyl sites for hydroxylation is 1. The van der Waals surface area contributed by atoms with E-state index in [1.807, 2.05) is 0 Å². The summed E-state index contributed by atoms with van der Waals surface area (Å²) in [5.74, 6) is 0. The van der Waals surface area contributed by atoms with Crippen molar-refractivity contribution < 1.29 is 0 Å². The molecule has 0 bridgehead atoms. The van der Waals surface area contributed by atoms with Gasteiger partial charge in [0.2, 0.25) is 0 Å². The number of rotatable bonds is 5. The van der Waals surface area contributed by atoms with E-state index in [2.05, 4.69) is 37.5 Å². The Hall–Kier alpha value is -0.830. The lowest BCUT2D eigenvalue weighted by Crippen LogP contribution is -2.11. The molecule has 86 valence electrons. The van der Waals surface area contributed by atoms with Crippen molar-refractivity contribution in [3.8, 4) is 0 Å². The van der Waals surface area contributed by atoms with Crippen molar-refractivity contribution in [2.45, 2.75) is 53.0 Å². The minimum Gasteiger partial charge on any atom is -0.330 e. The third-order valence-electron chi connectivity index (χ3n) is 3.07. The number of aromatic nitrogens is 2. The maximum Gasteiger partial charge on any atom is 0.0628 e. The molecule has 1 rings (SSSR count). The molecular formula is C12H23N3. The molecule has 0 aliphatic rings. The van der Waals surface area contributed by atoms with Gasteiger partial charge in [-0.2, -0.15) is 5.10 Å². The van der Waals surface area contributed by atoms with Gasteiger partial charge >= 0.3 is 0 Å². The zero-order valence-electron chi connectivity index (χ0n) is 10.4. The zero-order valence-corrected chi connectivity index (χ0v) is 10.4. The SMILES string of the molecule is CCc1c(C)nn(C(C)CCCN)c1C. The summed E-state index contributed by atoms with van der Waals surface area (Å²) in [6.45, 7) is 9.43. The van der Waals surface area contributed by atoms with E-state index in [0.717, 1.165) is 25.8 Å². The van der Waals surface area contributed by atoms with Crippen LogP contribution in [0, 0.1) is 13.8 Å². The highest BCUT2D eigenvalue weighted by atomic mass is 15.3. The van der Waals surface area contributed by atoms with Crippen LogP contribution in [0.4, 0.5) is 0 Å². The van der Waals surface area contributed by atoms with Gasteiger partial charge in [-0.15, -0.1) is 0 Å². The Morgan fingerprint density at radius 1 is 1.40 bits per heavy atom. The fourth-order valence-electron chi connectivity index (χ4n) is 2.17. The molecule has 0 amide bonds. The van der Waals surface area contributed by atoms with Gasteiger partial charge in [-0.1, -0.05) is 6.92 Å². The lowest BCUT2D eigenvalue weighted by atomic mass is 10.1. The fourth-order valence-corrected chi connectivity index (χ4v) is 2.17. The first-order chi connectivity index (χ1) is 7.11. The van der Waals surface area contributed by atoms with Gasteiger partial charge in [-0.05, 0) is 52.1 Å². The molecule has 0 spiro atoms. The quantitative estimate of drug-likeness (QED) is 0.809. The molecule has 15 heavy (non-hydrogen) atoms. The predicted octanol–water partition coefficient (Wildman–Crippen LogP) is 2.36. The predicted molar refractivity (Wildman–Crippen MR) is 64.1 cm³/mol. The van der Waals surface area contributed by atoms with Crippen molar-refractivity contribution in [3.05, 3.63) is 17.0 Å². The molecule has 2 N–H and O–H groups in total. The molecule has 0 saturated heterocycles. The van der Waals surface area contributed by atoms with E-state index in [0.29, 0.717) is 6.04 Å². The Labute approximate surface area is 92.7 Å². The summed E-state index contributed by atoms with van der Waals surface area (Å²) in [5, 5.41) is 4.61. The van der Waals surface area contributed by atoms with E-state index >= 15 is 0 Å². The minimum absolute atomic E-state index is 0.465. The highest BCUT2D eigenvalue weighted by Gasteiger charge is 2.13. The first kappa shape index (κ1) is 12.2. The molecular weight excluding hydrogens is 186 g/mol. The van der Waals surface area contributed by atoms with Crippen LogP contribution >= 0.6 is 0 Å². The maximum atomic E-state index is 5.52. The van der Waals surface area contributed by atoms with Gasteiger partial charge in [-0.25, -0.2) is 0 Å². The highest BCUT2D eigenvalue weighted by molar-refractivity contribution is 5.24. The van der Waals surface area contributed by atoms with Crippen LogP contribution in [-0.2, 0) is 6.42 Å². The molecule has 1 atom stereocenters. The molecule has 0 radical (unpaired) electrons. The summed E-state index contributed by atoms with van der Waals surface area (Å²) >= 11 is 0. The summed E-state index contributed by atoms with van der Waals surface area (Å²) in [5.41, 5.74) is 9.42. The molecule has 0 saturated carbocycles. The standard InChI is InChI=1S/C12H23N3/c1-5-12-10(3)14-15(11(12)4)9(2)7-6-8-13/h9H,5-8,13H2,1-4H3. The monoisotopic (exact) mass is 209 g/mol. The lowest BCUT2D eigenvalue weighted by Gasteiger charge is -2.13. The molecule has 0 aliphatic carbocycles. The van der Waals surface area contributed by atoms with Crippen molar-refractivity contribution in [1.29, 1.82) is 0 Å². The molecule has 1 aromatic heterocycles. The van der Waals surface area contributed by atoms with E-state index in [4.69, 9.17) is 5.73 Å². The van der Waals surface area contributed by atoms with E-state index in [-0.39, 0.29) is 0 Å². The molecule has 0 fully saturated rings. The largest absolute Gasteiger partial charge is 0.330 e. The van der Waals surface area contributed by atoms with Crippen LogP contribution in [0.15, 0.2) is 0 Å². The van der Waals surface area contributed by atoms with Crippen molar-refractivity contribution >= 4 is 0 Å². The van der Waals surface area contributed by atoms with Gasteiger partial charge in [0, 0.05) is 11.7 Å². The smallest absolute Gasteiger partial charge is 0.0628 e. The highest BCUT2D eigenvalue weighted by Crippen LogP contribution is 2.20. The molecule has 1 heterocycles. The molecule has 3 heteroatoms. The van der Waals surface area contributed by atoms with E-state index in [1.54, 1.807) is 0 Å². The van der Waals surface area contributed by atoms with Crippen LogP contribution in [0.1, 0.15) is 49.7 Å². The summed E-state index contributed by atoms with van der Waals surface area (Å²) in [7, 11) is 0. The second-order valence-corrected chi connectivity index (χ2v) is 4.23. The van der Waals surface area contributed by atoms with Crippen molar-refractivity contribution in [3.63, 3.8) is 0 Å². The fraction of sp³-hybridized carbons (Fsp3) is 0.750. The summed E-state index contributed by atoms with van der Waals surface area (Å²) in [6.07, 6.45) is 3.25. The third kappa shape index (κ3) is 2.59.